The molecule has 1 heterocycles. The summed E-state index contributed by atoms with van der Waals surface area (Å²) in [6.07, 6.45) is 1.64. The van der Waals surface area contributed by atoms with Crippen LogP contribution in [0.5, 0.6) is 5.75 Å². The van der Waals surface area contributed by atoms with Crippen molar-refractivity contribution in [1.29, 1.82) is 0 Å². The van der Waals surface area contributed by atoms with E-state index in [0.717, 1.165) is 24.1 Å². The summed E-state index contributed by atoms with van der Waals surface area (Å²) >= 11 is 18.9. The van der Waals surface area contributed by atoms with Gasteiger partial charge in [0, 0.05) is 29.1 Å². The lowest BCUT2D eigenvalue weighted by molar-refractivity contribution is -0.138. The van der Waals surface area contributed by atoms with Gasteiger partial charge in [-0.2, -0.15) is 0 Å². The van der Waals surface area contributed by atoms with Crippen LogP contribution in [0.15, 0.2) is 96.0 Å². The highest BCUT2D eigenvalue weighted by Gasteiger charge is 2.43. The Hall–Kier alpha value is -3.88. The van der Waals surface area contributed by atoms with Crippen LogP contribution in [0.3, 0.4) is 0 Å². The first kappa shape index (κ1) is 33.5. The third-order valence-corrected chi connectivity index (χ3v) is 9.28. The van der Waals surface area contributed by atoms with E-state index in [1.807, 2.05) is 61.5 Å². The lowest BCUT2D eigenvalue weighted by atomic mass is 9.95. The number of carboxylic acids is 1. The molecule has 0 unspecified atom stereocenters. The van der Waals surface area contributed by atoms with Crippen LogP contribution in [0.1, 0.15) is 42.0 Å². The lowest BCUT2D eigenvalue weighted by Crippen LogP contribution is -2.50. The number of likely N-dealkylation sites (tertiary alicyclic amines) is 1. The van der Waals surface area contributed by atoms with Gasteiger partial charge < -0.3 is 15.2 Å². The highest BCUT2D eigenvalue weighted by molar-refractivity contribution is 6.42. The predicted molar refractivity (Wildman–Crippen MR) is 185 cm³/mol. The molecule has 2 N–H and O–H groups in total. The number of anilines is 1. The van der Waals surface area contributed by atoms with E-state index in [1.165, 1.54) is 0 Å². The molecule has 0 bridgehead atoms. The average molecular weight is 679 g/mol. The van der Waals surface area contributed by atoms with Gasteiger partial charge in [-0.15, -0.1) is 0 Å². The normalized spacial score (nSPS) is 17.5. The van der Waals surface area contributed by atoms with Crippen LogP contribution in [0.2, 0.25) is 15.1 Å². The topological polar surface area (TPSA) is 91.2 Å². The van der Waals surface area contributed by atoms with Crippen LogP contribution in [0.4, 0.5) is 5.69 Å². The van der Waals surface area contributed by atoms with E-state index >= 15 is 0 Å². The number of methoxy groups -OCH3 is 1. The number of carboxylic acid groups (broad SMARTS) is 1. The quantitative estimate of drug-likeness (QED) is 0.156. The van der Waals surface area contributed by atoms with Crippen LogP contribution < -0.4 is 10.1 Å². The smallest absolute Gasteiger partial charge is 0.328 e. The molecular formula is C36H34Cl3N3O4. The SMILES string of the molecule is COc1cccc(C[C@@H](N=C(c2ccccc2)c2cc(Cl)ccc2NC(=O)[C@]2(C)CCCN2Cc2ccc(Cl)c(Cl)c2)C(=O)O)c1. The maximum absolute atomic E-state index is 14.1. The summed E-state index contributed by atoms with van der Waals surface area (Å²) < 4.78 is 5.33. The van der Waals surface area contributed by atoms with Crippen LogP contribution in [0.25, 0.3) is 0 Å². The van der Waals surface area contributed by atoms with E-state index in [4.69, 9.17) is 44.5 Å². The van der Waals surface area contributed by atoms with E-state index < -0.39 is 17.6 Å². The first-order chi connectivity index (χ1) is 22.1. The van der Waals surface area contributed by atoms with Gasteiger partial charge in [0.15, 0.2) is 6.04 Å². The number of benzene rings is 4. The molecule has 2 atom stereocenters. The first-order valence-corrected chi connectivity index (χ1v) is 16.0. The van der Waals surface area contributed by atoms with Gasteiger partial charge in [0.05, 0.1) is 34.1 Å². The molecule has 0 spiro atoms. The molecule has 1 aliphatic heterocycles. The Kier molecular flexibility index (Phi) is 10.7. The van der Waals surface area contributed by atoms with Crippen molar-refractivity contribution >= 4 is 58.1 Å². The Bertz CT molecular complexity index is 1760. The Labute approximate surface area is 283 Å². The van der Waals surface area contributed by atoms with Gasteiger partial charge in [-0.1, -0.05) is 83.3 Å². The maximum Gasteiger partial charge on any atom is 0.328 e. The number of amides is 1. The molecule has 1 saturated heterocycles. The number of nitrogens with one attached hydrogen (secondary N) is 1. The zero-order valence-electron chi connectivity index (χ0n) is 25.5. The van der Waals surface area contributed by atoms with E-state index in [1.54, 1.807) is 43.5 Å². The molecule has 0 aliphatic carbocycles. The molecule has 4 aromatic rings. The van der Waals surface area contributed by atoms with E-state index in [2.05, 4.69) is 10.2 Å². The maximum atomic E-state index is 14.1. The van der Waals surface area contributed by atoms with Crippen molar-refractivity contribution in [3.8, 4) is 5.75 Å². The van der Waals surface area contributed by atoms with Crippen molar-refractivity contribution in [1.82, 2.24) is 4.90 Å². The summed E-state index contributed by atoms with van der Waals surface area (Å²) in [6, 6.07) is 26.0. The Morgan fingerprint density at radius 3 is 2.46 bits per heavy atom. The number of ether oxygens (including phenoxy) is 1. The molecule has 1 aliphatic rings. The fourth-order valence-electron chi connectivity index (χ4n) is 5.73. The third kappa shape index (κ3) is 7.73. The molecular weight excluding hydrogens is 645 g/mol. The highest BCUT2D eigenvalue weighted by atomic mass is 35.5. The van der Waals surface area contributed by atoms with Gasteiger partial charge >= 0.3 is 5.97 Å². The first-order valence-electron chi connectivity index (χ1n) is 14.9. The molecule has 7 nitrogen and oxygen atoms in total. The zero-order valence-corrected chi connectivity index (χ0v) is 27.7. The number of carbonyl (C=O) groups excluding carboxylic acids is 1. The Morgan fingerprint density at radius 1 is 0.957 bits per heavy atom. The minimum absolute atomic E-state index is 0.132. The van der Waals surface area contributed by atoms with Gasteiger partial charge in [0.1, 0.15) is 5.75 Å². The van der Waals surface area contributed by atoms with Crippen molar-refractivity contribution < 1.29 is 19.4 Å². The molecule has 1 fully saturated rings. The van der Waals surface area contributed by atoms with Crippen LogP contribution in [0, 0.1) is 0 Å². The van der Waals surface area contributed by atoms with Gasteiger partial charge in [-0.3, -0.25) is 14.7 Å². The number of hydrogen-bond donors (Lipinski definition) is 2. The third-order valence-electron chi connectivity index (χ3n) is 8.30. The number of rotatable bonds is 11. The lowest BCUT2D eigenvalue weighted by Gasteiger charge is -2.34. The number of halogens is 3. The molecule has 0 radical (unpaired) electrons. The Morgan fingerprint density at radius 2 is 1.74 bits per heavy atom. The van der Waals surface area contributed by atoms with Crippen LogP contribution >= 0.6 is 34.8 Å². The van der Waals surface area contributed by atoms with E-state index in [9.17, 15) is 14.7 Å². The molecule has 0 aromatic heterocycles. The second-order valence-corrected chi connectivity index (χ2v) is 12.7. The Balaban J connectivity index is 1.50. The predicted octanol–water partition coefficient (Wildman–Crippen LogP) is 8.18. The number of hydrogen-bond acceptors (Lipinski definition) is 5. The fourth-order valence-corrected chi connectivity index (χ4v) is 6.22. The van der Waals surface area contributed by atoms with Crippen molar-refractivity contribution in [3.63, 3.8) is 0 Å². The van der Waals surface area contributed by atoms with Gasteiger partial charge in [-0.25, -0.2) is 4.79 Å². The fraction of sp³-hybridized carbons (Fsp3) is 0.250. The van der Waals surface area contributed by atoms with Crippen LogP contribution in [-0.2, 0) is 22.6 Å². The van der Waals surface area contributed by atoms with Crippen molar-refractivity contribution in [2.75, 3.05) is 19.0 Å². The zero-order chi connectivity index (χ0) is 32.8. The van der Waals surface area contributed by atoms with Gasteiger partial charge in [0.2, 0.25) is 5.91 Å². The molecule has 238 valence electrons. The molecule has 46 heavy (non-hydrogen) atoms. The second-order valence-electron chi connectivity index (χ2n) is 11.4. The highest BCUT2D eigenvalue weighted by Crippen LogP contribution is 2.34. The van der Waals surface area contributed by atoms with E-state index in [-0.39, 0.29) is 12.3 Å². The molecule has 10 heteroatoms. The largest absolute Gasteiger partial charge is 0.497 e. The summed E-state index contributed by atoms with van der Waals surface area (Å²) in [5.74, 6) is -0.644. The van der Waals surface area contributed by atoms with Gasteiger partial charge in [0.25, 0.3) is 0 Å². The van der Waals surface area contributed by atoms with Gasteiger partial charge in [-0.05, 0) is 79.9 Å². The molecule has 4 aromatic carbocycles. The van der Waals surface area contributed by atoms with Crippen molar-refractivity contribution in [2.24, 2.45) is 4.99 Å². The van der Waals surface area contributed by atoms with Crippen molar-refractivity contribution in [2.45, 2.75) is 44.3 Å². The number of aliphatic carboxylic acids is 1. The number of nitrogens with zero attached hydrogens (tertiary/aromatic N) is 2. The molecule has 1 amide bonds. The van der Waals surface area contributed by atoms with E-state index in [0.29, 0.717) is 56.3 Å². The number of aliphatic imine (C=N–C) groups is 1. The standard InChI is InChI=1S/C36H34Cl3N3O4/c1-36(16-7-17-42(36)22-24-12-14-29(38)30(39)19-24)35(45)41-31-15-13-26(37)21-28(31)33(25-9-4-3-5-10-25)40-32(34(43)44)20-23-8-6-11-27(18-23)46-2/h3-6,8-15,18-19,21,32H,7,16-17,20,22H2,1-2H3,(H,41,45)(H,43,44)/t32-,36+/m1/s1. The van der Waals surface area contributed by atoms with Crippen molar-refractivity contribution in [3.05, 3.63) is 128 Å². The minimum Gasteiger partial charge on any atom is -0.497 e. The average Bonchev–Trinajstić information content (AvgIpc) is 3.43. The minimum atomic E-state index is -1.13. The van der Waals surface area contributed by atoms with Crippen LogP contribution in [-0.4, -0.2) is 52.8 Å². The summed E-state index contributed by atoms with van der Waals surface area (Å²) in [5.41, 5.74) is 2.98. The number of carbonyl (C=O) groups is 2. The monoisotopic (exact) mass is 677 g/mol. The molecule has 0 saturated carbocycles. The summed E-state index contributed by atoms with van der Waals surface area (Å²) in [4.78, 5) is 33.6. The summed E-state index contributed by atoms with van der Waals surface area (Å²) in [6.45, 7) is 3.19. The summed E-state index contributed by atoms with van der Waals surface area (Å²) in [5, 5.41) is 14.8. The summed E-state index contributed by atoms with van der Waals surface area (Å²) in [7, 11) is 1.56. The molecule has 5 rings (SSSR count). The second kappa shape index (κ2) is 14.7.